The highest BCUT2D eigenvalue weighted by atomic mass is 35.5. The van der Waals surface area contributed by atoms with Gasteiger partial charge in [-0.25, -0.2) is 4.39 Å². The molecular formula is C16H24ClFN2. The van der Waals surface area contributed by atoms with Crippen LogP contribution in [0.25, 0.3) is 0 Å². The number of hydrogen-bond donors (Lipinski definition) is 1. The third-order valence-corrected chi connectivity index (χ3v) is 4.45. The average Bonchev–Trinajstić information content (AvgIpc) is 2.41. The monoisotopic (exact) mass is 298 g/mol. The lowest BCUT2D eigenvalue weighted by atomic mass is 9.85. The molecule has 0 spiro atoms. The summed E-state index contributed by atoms with van der Waals surface area (Å²) in [7, 11) is 2.14. The molecule has 0 radical (unpaired) electrons. The van der Waals surface area contributed by atoms with Gasteiger partial charge in [0.05, 0.1) is 0 Å². The maximum Gasteiger partial charge on any atom is 0.124 e. The summed E-state index contributed by atoms with van der Waals surface area (Å²) in [6.07, 6.45) is 3.55. The fraction of sp³-hybridized carbons (Fsp3) is 0.625. The van der Waals surface area contributed by atoms with Gasteiger partial charge in [-0.2, -0.15) is 0 Å². The van der Waals surface area contributed by atoms with Crippen LogP contribution < -0.4 is 5.32 Å². The van der Waals surface area contributed by atoms with Crippen molar-refractivity contribution in [2.45, 2.75) is 32.2 Å². The molecule has 4 heteroatoms. The number of benzene rings is 1. The maximum absolute atomic E-state index is 13.2. The number of halogens is 2. The molecule has 0 bridgehead atoms. The van der Waals surface area contributed by atoms with Gasteiger partial charge < -0.3 is 5.32 Å². The molecule has 20 heavy (non-hydrogen) atoms. The Morgan fingerprint density at radius 3 is 2.95 bits per heavy atom. The fourth-order valence-electron chi connectivity index (χ4n) is 3.17. The quantitative estimate of drug-likeness (QED) is 0.830. The molecule has 2 atom stereocenters. The Morgan fingerprint density at radius 1 is 1.45 bits per heavy atom. The molecule has 1 aliphatic heterocycles. The molecule has 112 valence electrons. The summed E-state index contributed by atoms with van der Waals surface area (Å²) >= 11 is 6.27. The van der Waals surface area contributed by atoms with Gasteiger partial charge >= 0.3 is 0 Å². The van der Waals surface area contributed by atoms with Gasteiger partial charge in [-0.3, -0.25) is 4.90 Å². The van der Waals surface area contributed by atoms with E-state index in [1.165, 1.54) is 25.0 Å². The standard InChI is InChI=1S/C16H24ClFN2/c1-3-8-19-11-12-5-4-9-20(2)16(12)14-7-6-13(18)10-15(14)17/h6-7,10,12,16,19H,3-5,8-9,11H2,1-2H3. The first-order chi connectivity index (χ1) is 9.63. The van der Waals surface area contributed by atoms with E-state index in [4.69, 9.17) is 11.6 Å². The molecule has 2 rings (SSSR count). The summed E-state index contributed by atoms with van der Waals surface area (Å²) in [5.41, 5.74) is 1.05. The Hall–Kier alpha value is -0.640. The van der Waals surface area contributed by atoms with E-state index in [9.17, 15) is 4.39 Å². The summed E-state index contributed by atoms with van der Waals surface area (Å²) in [5, 5.41) is 4.06. The first kappa shape index (κ1) is 15.7. The van der Waals surface area contributed by atoms with E-state index in [-0.39, 0.29) is 11.9 Å². The number of rotatable bonds is 5. The van der Waals surface area contributed by atoms with E-state index in [1.807, 2.05) is 6.07 Å². The van der Waals surface area contributed by atoms with Crippen LogP contribution in [-0.2, 0) is 0 Å². The zero-order valence-electron chi connectivity index (χ0n) is 12.3. The SMILES string of the molecule is CCCNCC1CCCN(C)C1c1ccc(F)cc1Cl. The van der Waals surface area contributed by atoms with E-state index in [0.29, 0.717) is 10.9 Å². The van der Waals surface area contributed by atoms with E-state index in [0.717, 1.165) is 31.6 Å². The summed E-state index contributed by atoms with van der Waals surface area (Å²) in [6, 6.07) is 5.06. The summed E-state index contributed by atoms with van der Waals surface area (Å²) < 4.78 is 13.2. The summed E-state index contributed by atoms with van der Waals surface area (Å²) in [6.45, 7) is 5.29. The minimum atomic E-state index is -0.266. The minimum Gasteiger partial charge on any atom is -0.316 e. The van der Waals surface area contributed by atoms with Crippen LogP contribution in [0, 0.1) is 11.7 Å². The highest BCUT2D eigenvalue weighted by Gasteiger charge is 2.31. The Balaban J connectivity index is 2.18. The van der Waals surface area contributed by atoms with Gasteiger partial charge in [-0.15, -0.1) is 0 Å². The van der Waals surface area contributed by atoms with Crippen molar-refractivity contribution in [2.24, 2.45) is 5.92 Å². The number of likely N-dealkylation sites (tertiary alicyclic amines) is 1. The van der Waals surface area contributed by atoms with Crippen LogP contribution in [0.1, 0.15) is 37.8 Å². The molecule has 1 heterocycles. The second-order valence-corrected chi connectivity index (χ2v) is 6.10. The van der Waals surface area contributed by atoms with Gasteiger partial charge in [0.1, 0.15) is 5.82 Å². The minimum absolute atomic E-state index is 0.266. The van der Waals surface area contributed by atoms with E-state index >= 15 is 0 Å². The molecule has 1 aromatic carbocycles. The molecular weight excluding hydrogens is 275 g/mol. The van der Waals surface area contributed by atoms with Crippen LogP contribution in [-0.4, -0.2) is 31.6 Å². The Morgan fingerprint density at radius 2 is 2.25 bits per heavy atom. The van der Waals surface area contributed by atoms with Crippen LogP contribution >= 0.6 is 11.6 Å². The molecule has 0 aliphatic carbocycles. The first-order valence-electron chi connectivity index (χ1n) is 7.49. The fourth-order valence-corrected chi connectivity index (χ4v) is 3.45. The molecule has 1 saturated heterocycles. The topological polar surface area (TPSA) is 15.3 Å². The van der Waals surface area contributed by atoms with Crippen molar-refractivity contribution in [1.29, 1.82) is 0 Å². The average molecular weight is 299 g/mol. The van der Waals surface area contributed by atoms with Crippen LogP contribution in [0.5, 0.6) is 0 Å². The highest BCUT2D eigenvalue weighted by molar-refractivity contribution is 6.31. The van der Waals surface area contributed by atoms with Crippen LogP contribution in [0.2, 0.25) is 5.02 Å². The second kappa shape index (κ2) is 7.39. The molecule has 2 unspecified atom stereocenters. The van der Waals surface area contributed by atoms with Gasteiger partial charge in [-0.1, -0.05) is 24.6 Å². The number of nitrogens with one attached hydrogen (secondary N) is 1. The largest absolute Gasteiger partial charge is 0.316 e. The highest BCUT2D eigenvalue weighted by Crippen LogP contribution is 2.38. The number of nitrogens with zero attached hydrogens (tertiary/aromatic N) is 1. The van der Waals surface area contributed by atoms with Crippen molar-refractivity contribution in [1.82, 2.24) is 10.2 Å². The lowest BCUT2D eigenvalue weighted by Crippen LogP contribution is -2.40. The Bertz CT molecular complexity index is 438. The van der Waals surface area contributed by atoms with Crippen molar-refractivity contribution in [3.8, 4) is 0 Å². The van der Waals surface area contributed by atoms with E-state index in [2.05, 4.69) is 24.2 Å². The third-order valence-electron chi connectivity index (χ3n) is 4.12. The van der Waals surface area contributed by atoms with Crippen molar-refractivity contribution < 1.29 is 4.39 Å². The van der Waals surface area contributed by atoms with E-state index < -0.39 is 0 Å². The second-order valence-electron chi connectivity index (χ2n) is 5.70. The molecule has 0 aromatic heterocycles. The predicted octanol–water partition coefficient (Wildman–Crippen LogP) is 3.86. The maximum atomic E-state index is 13.2. The number of piperidine rings is 1. The Labute approximate surface area is 126 Å². The van der Waals surface area contributed by atoms with Gasteiger partial charge in [-0.05, 0) is 69.6 Å². The van der Waals surface area contributed by atoms with Crippen LogP contribution in [0.3, 0.4) is 0 Å². The molecule has 0 amide bonds. The molecule has 1 fully saturated rings. The predicted molar refractivity (Wildman–Crippen MR) is 82.7 cm³/mol. The zero-order valence-corrected chi connectivity index (χ0v) is 13.1. The van der Waals surface area contributed by atoms with Gasteiger partial charge in [0, 0.05) is 11.1 Å². The molecule has 1 aliphatic rings. The van der Waals surface area contributed by atoms with E-state index in [1.54, 1.807) is 0 Å². The molecule has 2 nitrogen and oxygen atoms in total. The zero-order chi connectivity index (χ0) is 14.5. The summed E-state index contributed by atoms with van der Waals surface area (Å²) in [4.78, 5) is 2.35. The number of hydrogen-bond acceptors (Lipinski definition) is 2. The van der Waals surface area contributed by atoms with Gasteiger partial charge in [0.2, 0.25) is 0 Å². The van der Waals surface area contributed by atoms with Crippen LogP contribution in [0.15, 0.2) is 18.2 Å². The van der Waals surface area contributed by atoms with Gasteiger partial charge in [0.15, 0.2) is 0 Å². The van der Waals surface area contributed by atoms with Crippen LogP contribution in [0.4, 0.5) is 4.39 Å². The molecule has 1 N–H and O–H groups in total. The molecule has 1 aromatic rings. The third kappa shape index (κ3) is 3.72. The smallest absolute Gasteiger partial charge is 0.124 e. The normalized spacial score (nSPS) is 24.0. The Kier molecular flexibility index (Phi) is 5.82. The molecule has 0 saturated carbocycles. The lowest BCUT2D eigenvalue weighted by Gasteiger charge is -2.40. The van der Waals surface area contributed by atoms with Gasteiger partial charge in [0.25, 0.3) is 0 Å². The van der Waals surface area contributed by atoms with Crippen molar-refractivity contribution in [3.05, 3.63) is 34.6 Å². The van der Waals surface area contributed by atoms with Crippen molar-refractivity contribution in [2.75, 3.05) is 26.7 Å². The van der Waals surface area contributed by atoms with Crippen molar-refractivity contribution >= 4 is 11.6 Å². The summed E-state index contributed by atoms with van der Waals surface area (Å²) in [5.74, 6) is 0.265. The lowest BCUT2D eigenvalue weighted by molar-refractivity contribution is 0.119. The van der Waals surface area contributed by atoms with Crippen molar-refractivity contribution in [3.63, 3.8) is 0 Å². The first-order valence-corrected chi connectivity index (χ1v) is 7.87.